The van der Waals surface area contributed by atoms with Crippen LogP contribution in [0.3, 0.4) is 0 Å². The fraction of sp³-hybridized carbons (Fsp3) is 0.300. The zero-order valence-corrected chi connectivity index (χ0v) is 7.57. The molecule has 0 aliphatic carbocycles. The van der Waals surface area contributed by atoms with E-state index in [9.17, 15) is 0 Å². The number of hydrogen-bond acceptors (Lipinski definition) is 2. The molecule has 12 heavy (non-hydrogen) atoms. The van der Waals surface area contributed by atoms with E-state index >= 15 is 0 Å². The molecule has 1 aromatic carbocycles. The lowest BCUT2D eigenvalue weighted by atomic mass is 10.3. The summed E-state index contributed by atoms with van der Waals surface area (Å²) in [5, 5.41) is 6.09. The summed E-state index contributed by atoms with van der Waals surface area (Å²) in [6.07, 6.45) is 2.87. The Labute approximate surface area is 73.5 Å². The highest BCUT2D eigenvalue weighted by atomic mass is 15.4. The van der Waals surface area contributed by atoms with Gasteiger partial charge in [-0.25, -0.2) is 0 Å². The molecule has 0 aromatic heterocycles. The molecule has 1 rings (SSSR count). The molecule has 0 atom stereocenters. The van der Waals surface area contributed by atoms with Crippen LogP contribution in [0.5, 0.6) is 0 Å². The second-order valence-electron chi connectivity index (χ2n) is 2.57. The maximum atomic E-state index is 4.22. The van der Waals surface area contributed by atoms with Crippen LogP contribution in [-0.2, 0) is 0 Å². The van der Waals surface area contributed by atoms with E-state index in [-0.39, 0.29) is 0 Å². The van der Waals surface area contributed by atoms with Crippen molar-refractivity contribution >= 4 is 11.9 Å². The lowest BCUT2D eigenvalue weighted by Crippen LogP contribution is -2.07. The number of benzene rings is 1. The summed E-state index contributed by atoms with van der Waals surface area (Å²) in [5.74, 6) is 0. The van der Waals surface area contributed by atoms with Crippen LogP contribution in [0, 0.1) is 0 Å². The Morgan fingerprint density at radius 1 is 1.33 bits per heavy atom. The molecule has 64 valence electrons. The highest BCUT2D eigenvalue weighted by Crippen LogP contribution is 2.10. The maximum absolute atomic E-state index is 4.22. The highest BCUT2D eigenvalue weighted by Gasteiger charge is 1.93. The molecule has 0 aliphatic heterocycles. The van der Waals surface area contributed by atoms with Gasteiger partial charge in [0.1, 0.15) is 0 Å². The molecular weight excluding hydrogens is 148 g/mol. The number of hydrogen-bond donors (Lipinski definition) is 0. The van der Waals surface area contributed by atoms with Gasteiger partial charge in [-0.2, -0.15) is 5.10 Å². The van der Waals surface area contributed by atoms with Gasteiger partial charge in [0.25, 0.3) is 0 Å². The van der Waals surface area contributed by atoms with Gasteiger partial charge in [-0.3, -0.25) is 5.01 Å². The monoisotopic (exact) mass is 162 g/mol. The van der Waals surface area contributed by atoms with Gasteiger partial charge in [-0.1, -0.05) is 25.1 Å². The average molecular weight is 162 g/mol. The summed E-state index contributed by atoms with van der Waals surface area (Å²) in [4.78, 5) is 0. The Balaban J connectivity index is 2.65. The summed E-state index contributed by atoms with van der Waals surface area (Å²) in [6.45, 7) is 2.07. The topological polar surface area (TPSA) is 15.6 Å². The Bertz CT molecular complexity index is 241. The SMILES string of the molecule is CCC=NN(C)c1ccccc1. The van der Waals surface area contributed by atoms with Crippen LogP contribution < -0.4 is 5.01 Å². The Morgan fingerprint density at radius 3 is 2.58 bits per heavy atom. The van der Waals surface area contributed by atoms with E-state index in [2.05, 4.69) is 12.0 Å². The summed E-state index contributed by atoms with van der Waals surface area (Å²) in [6, 6.07) is 10.1. The molecule has 0 aliphatic rings. The molecular formula is C10H14N2. The maximum Gasteiger partial charge on any atom is 0.0590 e. The third kappa shape index (κ3) is 2.38. The van der Waals surface area contributed by atoms with Crippen molar-refractivity contribution in [2.45, 2.75) is 13.3 Å². The zero-order valence-electron chi connectivity index (χ0n) is 7.57. The third-order valence-corrected chi connectivity index (χ3v) is 1.57. The molecule has 0 heterocycles. The van der Waals surface area contributed by atoms with Gasteiger partial charge in [0.15, 0.2) is 0 Å². The first-order valence-electron chi connectivity index (χ1n) is 4.16. The largest absolute Gasteiger partial charge is 0.269 e. The average Bonchev–Trinajstić information content (AvgIpc) is 2.15. The highest BCUT2D eigenvalue weighted by molar-refractivity contribution is 5.59. The van der Waals surface area contributed by atoms with Crippen molar-refractivity contribution in [2.75, 3.05) is 12.1 Å². The predicted octanol–water partition coefficient (Wildman–Crippen LogP) is 2.52. The Hall–Kier alpha value is -1.31. The minimum absolute atomic E-state index is 0.969. The van der Waals surface area contributed by atoms with Crippen LogP contribution in [-0.4, -0.2) is 13.3 Å². The fourth-order valence-corrected chi connectivity index (χ4v) is 0.915. The molecule has 2 heteroatoms. The number of rotatable bonds is 3. The summed E-state index contributed by atoms with van der Waals surface area (Å²) >= 11 is 0. The minimum Gasteiger partial charge on any atom is -0.269 e. The molecule has 0 radical (unpaired) electrons. The number of hydrazone groups is 1. The summed E-state index contributed by atoms with van der Waals surface area (Å²) in [5.41, 5.74) is 1.11. The van der Waals surface area contributed by atoms with E-state index < -0.39 is 0 Å². The smallest absolute Gasteiger partial charge is 0.0590 e. The Morgan fingerprint density at radius 2 is 2.00 bits per heavy atom. The van der Waals surface area contributed by atoms with Crippen LogP contribution in [0.2, 0.25) is 0 Å². The van der Waals surface area contributed by atoms with Gasteiger partial charge in [-0.05, 0) is 18.6 Å². The molecule has 2 nitrogen and oxygen atoms in total. The molecule has 0 saturated carbocycles. The van der Waals surface area contributed by atoms with Crippen molar-refractivity contribution in [3.05, 3.63) is 30.3 Å². The molecule has 1 aromatic rings. The summed E-state index contributed by atoms with van der Waals surface area (Å²) in [7, 11) is 1.95. The van der Waals surface area contributed by atoms with Crippen LogP contribution in [0.15, 0.2) is 35.4 Å². The quantitative estimate of drug-likeness (QED) is 0.492. The number of anilines is 1. The second-order valence-corrected chi connectivity index (χ2v) is 2.57. The van der Waals surface area contributed by atoms with Crippen LogP contribution in [0.1, 0.15) is 13.3 Å². The molecule has 0 spiro atoms. The number of nitrogens with zero attached hydrogens (tertiary/aromatic N) is 2. The lowest BCUT2D eigenvalue weighted by molar-refractivity contribution is 1.01. The van der Waals surface area contributed by atoms with E-state index in [1.54, 1.807) is 0 Å². The van der Waals surface area contributed by atoms with Gasteiger partial charge >= 0.3 is 0 Å². The van der Waals surface area contributed by atoms with Crippen molar-refractivity contribution in [1.82, 2.24) is 0 Å². The van der Waals surface area contributed by atoms with Gasteiger partial charge in [0.2, 0.25) is 0 Å². The van der Waals surface area contributed by atoms with E-state index in [0.717, 1.165) is 12.1 Å². The first-order chi connectivity index (χ1) is 5.84. The van der Waals surface area contributed by atoms with Crippen molar-refractivity contribution in [1.29, 1.82) is 0 Å². The van der Waals surface area contributed by atoms with Crippen LogP contribution >= 0.6 is 0 Å². The van der Waals surface area contributed by atoms with Crippen LogP contribution in [0.25, 0.3) is 0 Å². The van der Waals surface area contributed by atoms with E-state index in [1.165, 1.54) is 0 Å². The molecule has 0 bridgehead atoms. The zero-order chi connectivity index (χ0) is 8.81. The molecule has 0 saturated heterocycles. The molecule has 0 fully saturated rings. The second kappa shape index (κ2) is 4.54. The van der Waals surface area contributed by atoms with Gasteiger partial charge < -0.3 is 0 Å². The van der Waals surface area contributed by atoms with Gasteiger partial charge in [-0.15, -0.1) is 0 Å². The third-order valence-electron chi connectivity index (χ3n) is 1.57. The number of para-hydroxylation sites is 1. The lowest BCUT2D eigenvalue weighted by Gasteiger charge is -2.11. The normalized spacial score (nSPS) is 10.5. The molecule has 0 amide bonds. The van der Waals surface area contributed by atoms with Crippen LogP contribution in [0.4, 0.5) is 5.69 Å². The van der Waals surface area contributed by atoms with Gasteiger partial charge in [0.05, 0.1) is 5.69 Å². The minimum atomic E-state index is 0.969. The van der Waals surface area contributed by atoms with Crippen molar-refractivity contribution in [2.24, 2.45) is 5.10 Å². The molecule has 0 unspecified atom stereocenters. The fourth-order valence-electron chi connectivity index (χ4n) is 0.915. The van der Waals surface area contributed by atoms with E-state index in [1.807, 2.05) is 48.6 Å². The first-order valence-corrected chi connectivity index (χ1v) is 4.16. The molecule has 0 N–H and O–H groups in total. The van der Waals surface area contributed by atoms with Crippen molar-refractivity contribution in [3.8, 4) is 0 Å². The van der Waals surface area contributed by atoms with Gasteiger partial charge in [0, 0.05) is 13.3 Å². The Kier molecular flexibility index (Phi) is 3.33. The standard InChI is InChI=1S/C10H14N2/c1-3-9-11-12(2)10-7-5-4-6-8-10/h4-9H,3H2,1-2H3. The van der Waals surface area contributed by atoms with Crippen molar-refractivity contribution < 1.29 is 0 Å². The first kappa shape index (κ1) is 8.78. The predicted molar refractivity (Wildman–Crippen MR) is 53.6 cm³/mol. The summed E-state index contributed by atoms with van der Waals surface area (Å²) < 4.78 is 0. The van der Waals surface area contributed by atoms with Crippen molar-refractivity contribution in [3.63, 3.8) is 0 Å². The van der Waals surface area contributed by atoms with E-state index in [4.69, 9.17) is 0 Å². The van der Waals surface area contributed by atoms with E-state index in [0.29, 0.717) is 0 Å².